The molecular formula is C10H14N2O3S. The number of nitrogen functional groups attached to an aromatic ring is 1. The van der Waals surface area contributed by atoms with E-state index in [1.807, 2.05) is 0 Å². The Labute approximate surface area is 97.6 Å². The van der Waals surface area contributed by atoms with E-state index in [0.717, 1.165) is 0 Å². The van der Waals surface area contributed by atoms with Crippen LogP contribution in [0.25, 0.3) is 0 Å². The van der Waals surface area contributed by atoms with E-state index in [0.29, 0.717) is 17.2 Å². The Hall–Kier alpha value is -1.56. The van der Waals surface area contributed by atoms with Gasteiger partial charge in [-0.15, -0.1) is 11.3 Å². The van der Waals surface area contributed by atoms with Crippen molar-refractivity contribution in [3.8, 4) is 0 Å². The van der Waals surface area contributed by atoms with E-state index in [1.165, 1.54) is 11.3 Å². The number of hydrogen-bond donors (Lipinski definition) is 2. The van der Waals surface area contributed by atoms with Crippen LogP contribution in [-0.2, 0) is 9.53 Å². The van der Waals surface area contributed by atoms with Crippen LogP contribution in [0, 0.1) is 0 Å². The maximum absolute atomic E-state index is 11.7. The van der Waals surface area contributed by atoms with Gasteiger partial charge >= 0.3 is 5.97 Å². The summed E-state index contributed by atoms with van der Waals surface area (Å²) < 4.78 is 4.77. The third-order valence-corrected chi connectivity index (χ3v) is 2.82. The highest BCUT2D eigenvalue weighted by molar-refractivity contribution is 7.12. The molecule has 0 saturated carbocycles. The molecule has 0 bridgehead atoms. The van der Waals surface area contributed by atoms with Crippen LogP contribution in [0.4, 0.5) is 5.69 Å². The van der Waals surface area contributed by atoms with Crippen molar-refractivity contribution in [2.45, 2.75) is 19.9 Å². The van der Waals surface area contributed by atoms with Crippen molar-refractivity contribution in [2.75, 3.05) is 12.3 Å². The smallest absolute Gasteiger partial charge is 0.328 e. The average molecular weight is 242 g/mol. The van der Waals surface area contributed by atoms with Crippen molar-refractivity contribution >= 4 is 28.9 Å². The quantitative estimate of drug-likeness (QED) is 0.772. The predicted molar refractivity (Wildman–Crippen MR) is 62.3 cm³/mol. The van der Waals surface area contributed by atoms with Gasteiger partial charge in [0.15, 0.2) is 0 Å². The standard InChI is InChI=1S/C10H14N2O3S/c1-3-15-10(14)6(2)12-9(13)8-7(11)4-5-16-8/h4-6H,3,11H2,1-2H3,(H,12,13). The van der Waals surface area contributed by atoms with Crippen molar-refractivity contribution in [2.24, 2.45) is 0 Å². The Bertz CT molecular complexity index is 389. The summed E-state index contributed by atoms with van der Waals surface area (Å²) in [7, 11) is 0. The topological polar surface area (TPSA) is 81.4 Å². The maximum Gasteiger partial charge on any atom is 0.328 e. The molecule has 0 saturated heterocycles. The van der Waals surface area contributed by atoms with Gasteiger partial charge in [0.1, 0.15) is 10.9 Å². The van der Waals surface area contributed by atoms with Crippen LogP contribution in [-0.4, -0.2) is 24.5 Å². The number of carbonyl (C=O) groups is 2. The molecule has 16 heavy (non-hydrogen) atoms. The molecule has 0 aliphatic heterocycles. The molecule has 0 fully saturated rings. The molecule has 1 aromatic heterocycles. The molecule has 3 N–H and O–H groups in total. The number of rotatable bonds is 4. The van der Waals surface area contributed by atoms with Crippen molar-refractivity contribution in [1.29, 1.82) is 0 Å². The molecule has 0 aliphatic rings. The Morgan fingerprint density at radius 3 is 2.81 bits per heavy atom. The van der Waals surface area contributed by atoms with Gasteiger partial charge in [-0.25, -0.2) is 4.79 Å². The Morgan fingerprint density at radius 1 is 1.62 bits per heavy atom. The summed E-state index contributed by atoms with van der Waals surface area (Å²) in [6.45, 7) is 3.57. The first kappa shape index (κ1) is 12.5. The second-order valence-electron chi connectivity index (χ2n) is 3.15. The van der Waals surface area contributed by atoms with Crippen LogP contribution < -0.4 is 11.1 Å². The van der Waals surface area contributed by atoms with E-state index < -0.39 is 12.0 Å². The van der Waals surface area contributed by atoms with Crippen LogP contribution in [0.15, 0.2) is 11.4 Å². The SMILES string of the molecule is CCOC(=O)C(C)NC(=O)c1sccc1N. The lowest BCUT2D eigenvalue weighted by atomic mass is 10.3. The number of esters is 1. The van der Waals surface area contributed by atoms with Crippen LogP contribution in [0.2, 0.25) is 0 Å². The molecule has 1 unspecified atom stereocenters. The van der Waals surface area contributed by atoms with Crippen molar-refractivity contribution in [3.05, 3.63) is 16.3 Å². The highest BCUT2D eigenvalue weighted by Gasteiger charge is 2.19. The van der Waals surface area contributed by atoms with Gasteiger partial charge in [0.05, 0.1) is 12.3 Å². The molecule has 1 amide bonds. The fourth-order valence-corrected chi connectivity index (χ4v) is 1.81. The fraction of sp³-hybridized carbons (Fsp3) is 0.400. The number of amides is 1. The summed E-state index contributed by atoms with van der Waals surface area (Å²) in [6, 6.07) is 0.975. The Morgan fingerprint density at radius 2 is 2.31 bits per heavy atom. The third kappa shape index (κ3) is 2.96. The Kier molecular flexibility index (Phi) is 4.30. The van der Waals surface area contributed by atoms with Gasteiger partial charge < -0.3 is 15.8 Å². The average Bonchev–Trinajstić information content (AvgIpc) is 2.64. The number of nitrogens with one attached hydrogen (secondary N) is 1. The first-order valence-corrected chi connectivity index (χ1v) is 5.74. The molecule has 1 heterocycles. The van der Waals surface area contributed by atoms with Gasteiger partial charge in [-0.2, -0.15) is 0 Å². The summed E-state index contributed by atoms with van der Waals surface area (Å²) in [6.07, 6.45) is 0. The lowest BCUT2D eigenvalue weighted by molar-refractivity contribution is -0.144. The molecule has 88 valence electrons. The molecule has 1 atom stereocenters. The van der Waals surface area contributed by atoms with E-state index in [-0.39, 0.29) is 5.91 Å². The van der Waals surface area contributed by atoms with E-state index in [2.05, 4.69) is 5.32 Å². The van der Waals surface area contributed by atoms with Crippen LogP contribution in [0.3, 0.4) is 0 Å². The molecule has 5 nitrogen and oxygen atoms in total. The molecular weight excluding hydrogens is 228 g/mol. The van der Waals surface area contributed by atoms with Crippen molar-refractivity contribution in [3.63, 3.8) is 0 Å². The minimum atomic E-state index is -0.672. The lowest BCUT2D eigenvalue weighted by Crippen LogP contribution is -2.39. The second kappa shape index (κ2) is 5.50. The van der Waals surface area contributed by atoms with Crippen molar-refractivity contribution in [1.82, 2.24) is 5.32 Å². The van der Waals surface area contributed by atoms with E-state index >= 15 is 0 Å². The van der Waals surface area contributed by atoms with Gasteiger partial charge in [-0.05, 0) is 25.3 Å². The van der Waals surface area contributed by atoms with E-state index in [1.54, 1.807) is 25.3 Å². The zero-order valence-corrected chi connectivity index (χ0v) is 9.97. The molecule has 0 spiro atoms. The van der Waals surface area contributed by atoms with Gasteiger partial charge in [0.2, 0.25) is 0 Å². The van der Waals surface area contributed by atoms with Crippen molar-refractivity contribution < 1.29 is 14.3 Å². The molecule has 0 radical (unpaired) electrons. The van der Waals surface area contributed by atoms with Crippen LogP contribution >= 0.6 is 11.3 Å². The van der Waals surface area contributed by atoms with Gasteiger partial charge in [0, 0.05) is 0 Å². The largest absolute Gasteiger partial charge is 0.464 e. The first-order valence-electron chi connectivity index (χ1n) is 4.86. The lowest BCUT2D eigenvalue weighted by Gasteiger charge is -2.11. The zero-order valence-electron chi connectivity index (χ0n) is 9.15. The Balaban J connectivity index is 2.58. The molecule has 1 rings (SSSR count). The number of thiophene rings is 1. The number of hydrogen-bond acceptors (Lipinski definition) is 5. The maximum atomic E-state index is 11.7. The molecule has 0 aliphatic carbocycles. The predicted octanol–water partition coefficient (Wildman–Crippen LogP) is 1.01. The normalized spacial score (nSPS) is 11.9. The van der Waals surface area contributed by atoms with Gasteiger partial charge in [-0.1, -0.05) is 0 Å². The molecule has 0 aromatic carbocycles. The number of nitrogens with two attached hydrogens (primary N) is 1. The number of ether oxygens (including phenoxy) is 1. The number of anilines is 1. The molecule has 1 aromatic rings. The highest BCUT2D eigenvalue weighted by atomic mass is 32.1. The molecule has 6 heteroatoms. The summed E-state index contributed by atoms with van der Waals surface area (Å²) in [4.78, 5) is 23.3. The third-order valence-electron chi connectivity index (χ3n) is 1.89. The number of carbonyl (C=O) groups excluding carboxylic acids is 2. The summed E-state index contributed by atoms with van der Waals surface area (Å²) in [5.41, 5.74) is 6.00. The highest BCUT2D eigenvalue weighted by Crippen LogP contribution is 2.18. The zero-order chi connectivity index (χ0) is 12.1. The monoisotopic (exact) mass is 242 g/mol. The summed E-state index contributed by atoms with van der Waals surface area (Å²) in [5, 5.41) is 4.25. The summed E-state index contributed by atoms with van der Waals surface area (Å²) >= 11 is 1.24. The minimum Gasteiger partial charge on any atom is -0.464 e. The fourth-order valence-electron chi connectivity index (χ4n) is 1.09. The van der Waals surface area contributed by atoms with E-state index in [9.17, 15) is 9.59 Å². The van der Waals surface area contributed by atoms with Crippen LogP contribution in [0.5, 0.6) is 0 Å². The van der Waals surface area contributed by atoms with Gasteiger partial charge in [-0.3, -0.25) is 4.79 Å². The first-order chi connectivity index (χ1) is 7.56. The van der Waals surface area contributed by atoms with Gasteiger partial charge in [0.25, 0.3) is 5.91 Å². The minimum absolute atomic E-state index is 0.292. The van der Waals surface area contributed by atoms with Crippen LogP contribution in [0.1, 0.15) is 23.5 Å². The van der Waals surface area contributed by atoms with E-state index in [4.69, 9.17) is 10.5 Å². The second-order valence-corrected chi connectivity index (χ2v) is 4.07. The summed E-state index contributed by atoms with van der Waals surface area (Å²) in [5.74, 6) is -0.806.